The van der Waals surface area contributed by atoms with Gasteiger partial charge in [-0.2, -0.15) is 4.98 Å². The van der Waals surface area contributed by atoms with Crippen molar-refractivity contribution in [2.24, 2.45) is 0 Å². The quantitative estimate of drug-likeness (QED) is 0.653. The number of rotatable bonds is 7. The van der Waals surface area contributed by atoms with Gasteiger partial charge in [-0.05, 0) is 44.9 Å². The van der Waals surface area contributed by atoms with Crippen LogP contribution in [0, 0.1) is 20.8 Å². The predicted octanol–water partition coefficient (Wildman–Crippen LogP) is 3.11. The SMILES string of the molecule is CCOc1cc(C)nc(N2CCN(C(=O)CCC(=O)c3ccc(C)c(C)c3)CC2)n1. The fraction of sp³-hybridized carbons (Fsp3) is 0.478. The van der Waals surface area contributed by atoms with Crippen molar-refractivity contribution in [2.45, 2.75) is 40.5 Å². The van der Waals surface area contributed by atoms with Crippen molar-refractivity contribution in [3.05, 3.63) is 46.6 Å². The Bertz CT molecular complexity index is 921. The third-order valence-electron chi connectivity index (χ3n) is 5.42. The Morgan fingerprint density at radius 3 is 2.37 bits per heavy atom. The lowest BCUT2D eigenvalue weighted by Gasteiger charge is -2.35. The van der Waals surface area contributed by atoms with E-state index in [9.17, 15) is 9.59 Å². The second kappa shape index (κ2) is 9.69. The molecule has 0 aliphatic carbocycles. The highest BCUT2D eigenvalue weighted by atomic mass is 16.5. The molecule has 30 heavy (non-hydrogen) atoms. The van der Waals surface area contributed by atoms with Gasteiger partial charge >= 0.3 is 0 Å². The molecular weight excluding hydrogens is 380 g/mol. The van der Waals surface area contributed by atoms with E-state index in [4.69, 9.17) is 4.74 Å². The van der Waals surface area contributed by atoms with Gasteiger partial charge in [0.2, 0.25) is 17.7 Å². The molecule has 2 heterocycles. The summed E-state index contributed by atoms with van der Waals surface area (Å²) >= 11 is 0. The maximum Gasteiger partial charge on any atom is 0.228 e. The van der Waals surface area contributed by atoms with Crippen LogP contribution in [0.5, 0.6) is 5.88 Å². The van der Waals surface area contributed by atoms with Gasteiger partial charge in [0.15, 0.2) is 5.78 Å². The van der Waals surface area contributed by atoms with Crippen molar-refractivity contribution >= 4 is 17.6 Å². The second-order valence-corrected chi connectivity index (χ2v) is 7.67. The van der Waals surface area contributed by atoms with Crippen LogP contribution in [0.1, 0.15) is 46.9 Å². The minimum absolute atomic E-state index is 0.0155. The van der Waals surface area contributed by atoms with Crippen LogP contribution in [0.3, 0.4) is 0 Å². The van der Waals surface area contributed by atoms with Crippen LogP contribution in [-0.2, 0) is 4.79 Å². The molecular formula is C23H30N4O3. The Kier molecular flexibility index (Phi) is 7.03. The molecule has 160 valence electrons. The summed E-state index contributed by atoms with van der Waals surface area (Å²) in [5, 5.41) is 0. The fourth-order valence-corrected chi connectivity index (χ4v) is 3.48. The van der Waals surface area contributed by atoms with Gasteiger partial charge in [0, 0.05) is 56.3 Å². The lowest BCUT2D eigenvalue weighted by molar-refractivity contribution is -0.131. The Morgan fingerprint density at radius 2 is 1.70 bits per heavy atom. The van der Waals surface area contributed by atoms with Crippen LogP contribution in [0.4, 0.5) is 5.95 Å². The van der Waals surface area contributed by atoms with Crippen LogP contribution < -0.4 is 9.64 Å². The number of ether oxygens (including phenoxy) is 1. The Morgan fingerprint density at radius 1 is 0.967 bits per heavy atom. The predicted molar refractivity (Wildman–Crippen MR) is 116 cm³/mol. The molecule has 7 nitrogen and oxygen atoms in total. The number of piperazine rings is 1. The molecule has 0 spiro atoms. The molecule has 1 aromatic carbocycles. The zero-order chi connectivity index (χ0) is 21.7. The van der Waals surface area contributed by atoms with Gasteiger partial charge in [0.25, 0.3) is 0 Å². The maximum absolute atomic E-state index is 12.6. The number of hydrogen-bond acceptors (Lipinski definition) is 6. The number of carbonyl (C=O) groups excluding carboxylic acids is 2. The smallest absolute Gasteiger partial charge is 0.228 e. The Balaban J connectivity index is 1.51. The summed E-state index contributed by atoms with van der Waals surface area (Å²) in [4.78, 5) is 37.9. The molecule has 1 aliphatic rings. The van der Waals surface area contributed by atoms with Gasteiger partial charge in [-0.15, -0.1) is 0 Å². The molecule has 0 unspecified atom stereocenters. The molecule has 1 saturated heterocycles. The summed E-state index contributed by atoms with van der Waals surface area (Å²) in [7, 11) is 0. The molecule has 1 fully saturated rings. The van der Waals surface area contributed by atoms with Crippen LogP contribution in [0.2, 0.25) is 0 Å². The number of anilines is 1. The number of Topliss-reactive ketones (excluding diaryl/α,β-unsaturated/α-hetero) is 1. The Hall–Kier alpha value is -2.96. The van der Waals surface area contributed by atoms with E-state index >= 15 is 0 Å². The standard InChI is InChI=1S/C23H30N4O3/c1-5-30-21-15-18(4)24-23(25-21)27-12-10-26(11-13-27)22(29)9-8-20(28)19-7-6-16(2)17(3)14-19/h6-7,14-15H,5,8-13H2,1-4H3. The summed E-state index contributed by atoms with van der Waals surface area (Å²) in [5.41, 5.74) is 3.78. The van der Waals surface area contributed by atoms with Crippen molar-refractivity contribution in [3.8, 4) is 5.88 Å². The summed E-state index contributed by atoms with van der Waals surface area (Å²) < 4.78 is 5.51. The molecule has 0 saturated carbocycles. The monoisotopic (exact) mass is 410 g/mol. The van der Waals surface area contributed by atoms with Crippen molar-refractivity contribution < 1.29 is 14.3 Å². The fourth-order valence-electron chi connectivity index (χ4n) is 3.48. The topological polar surface area (TPSA) is 75.6 Å². The summed E-state index contributed by atoms with van der Waals surface area (Å²) in [5.74, 6) is 1.24. The molecule has 1 amide bonds. The number of ketones is 1. The van der Waals surface area contributed by atoms with E-state index in [0.717, 1.165) is 16.8 Å². The van der Waals surface area contributed by atoms with Gasteiger partial charge < -0.3 is 14.5 Å². The number of carbonyl (C=O) groups is 2. The number of nitrogens with zero attached hydrogens (tertiary/aromatic N) is 4. The number of aryl methyl sites for hydroxylation is 3. The molecule has 2 aromatic rings. The molecule has 0 bridgehead atoms. The van der Waals surface area contributed by atoms with Crippen LogP contribution in [-0.4, -0.2) is 59.3 Å². The molecule has 0 atom stereocenters. The van der Waals surface area contributed by atoms with E-state index < -0.39 is 0 Å². The highest BCUT2D eigenvalue weighted by Gasteiger charge is 2.23. The molecule has 1 aromatic heterocycles. The second-order valence-electron chi connectivity index (χ2n) is 7.67. The van der Waals surface area contributed by atoms with Crippen LogP contribution in [0.25, 0.3) is 0 Å². The molecule has 7 heteroatoms. The molecule has 0 N–H and O–H groups in total. The highest BCUT2D eigenvalue weighted by molar-refractivity contribution is 5.98. The first kappa shape index (κ1) is 21.7. The van der Waals surface area contributed by atoms with Gasteiger partial charge in [0.05, 0.1) is 6.61 Å². The lowest BCUT2D eigenvalue weighted by Crippen LogP contribution is -2.49. The van der Waals surface area contributed by atoms with E-state index in [1.807, 2.05) is 56.9 Å². The lowest BCUT2D eigenvalue weighted by atomic mass is 10.0. The number of aromatic nitrogens is 2. The average molecular weight is 411 g/mol. The minimum Gasteiger partial charge on any atom is -0.478 e. The number of benzene rings is 1. The largest absolute Gasteiger partial charge is 0.478 e. The van der Waals surface area contributed by atoms with Gasteiger partial charge in [-0.3, -0.25) is 9.59 Å². The molecule has 1 aliphatic heterocycles. The summed E-state index contributed by atoms with van der Waals surface area (Å²) in [6.07, 6.45) is 0.474. The number of hydrogen-bond donors (Lipinski definition) is 0. The zero-order valence-corrected chi connectivity index (χ0v) is 18.3. The van der Waals surface area contributed by atoms with Crippen molar-refractivity contribution in [1.82, 2.24) is 14.9 Å². The zero-order valence-electron chi connectivity index (χ0n) is 18.3. The van der Waals surface area contributed by atoms with E-state index in [2.05, 4.69) is 14.9 Å². The summed E-state index contributed by atoms with van der Waals surface area (Å²) in [6.45, 7) is 10.9. The first-order chi connectivity index (χ1) is 14.4. The number of amides is 1. The maximum atomic E-state index is 12.6. The molecule has 3 rings (SSSR count). The Labute approximate surface area is 178 Å². The third-order valence-corrected chi connectivity index (χ3v) is 5.42. The average Bonchev–Trinajstić information content (AvgIpc) is 2.73. The van der Waals surface area contributed by atoms with E-state index in [1.165, 1.54) is 0 Å². The van der Waals surface area contributed by atoms with E-state index in [1.54, 1.807) is 0 Å². The third kappa shape index (κ3) is 5.34. The normalized spacial score (nSPS) is 14.0. The van der Waals surface area contributed by atoms with Gasteiger partial charge in [-0.25, -0.2) is 4.98 Å². The van der Waals surface area contributed by atoms with Crippen molar-refractivity contribution in [1.29, 1.82) is 0 Å². The molecule has 0 radical (unpaired) electrons. The van der Waals surface area contributed by atoms with E-state index in [0.29, 0.717) is 50.2 Å². The van der Waals surface area contributed by atoms with Crippen molar-refractivity contribution in [2.75, 3.05) is 37.7 Å². The van der Waals surface area contributed by atoms with E-state index in [-0.39, 0.29) is 24.5 Å². The van der Waals surface area contributed by atoms with Crippen LogP contribution >= 0.6 is 0 Å². The van der Waals surface area contributed by atoms with Crippen LogP contribution in [0.15, 0.2) is 24.3 Å². The van der Waals surface area contributed by atoms with Gasteiger partial charge in [0.1, 0.15) is 0 Å². The highest BCUT2D eigenvalue weighted by Crippen LogP contribution is 2.18. The first-order valence-corrected chi connectivity index (χ1v) is 10.5. The minimum atomic E-state index is 0.0155. The summed E-state index contributed by atoms with van der Waals surface area (Å²) in [6, 6.07) is 7.51. The first-order valence-electron chi connectivity index (χ1n) is 10.5. The van der Waals surface area contributed by atoms with Crippen molar-refractivity contribution in [3.63, 3.8) is 0 Å². The van der Waals surface area contributed by atoms with Gasteiger partial charge in [-0.1, -0.05) is 12.1 Å².